The number of piperidine rings is 1. The number of amides is 1. The average Bonchev–Trinajstić information content (AvgIpc) is 2.67. The number of aromatic hydroxyl groups is 1. The quantitative estimate of drug-likeness (QED) is 0.889. The van der Waals surface area contributed by atoms with E-state index in [4.69, 9.17) is 9.47 Å². The van der Waals surface area contributed by atoms with E-state index in [1.165, 1.54) is 12.0 Å². The van der Waals surface area contributed by atoms with Gasteiger partial charge in [0.1, 0.15) is 11.9 Å². The third-order valence-electron chi connectivity index (χ3n) is 5.32. The fraction of sp³-hybridized carbons (Fsp3) is 0.650. The Morgan fingerprint density at radius 2 is 1.96 bits per heavy atom. The Morgan fingerprint density at radius 3 is 2.60 bits per heavy atom. The van der Waals surface area contributed by atoms with Crippen LogP contribution in [0.4, 0.5) is 0 Å². The van der Waals surface area contributed by atoms with Gasteiger partial charge in [-0.1, -0.05) is 12.1 Å². The van der Waals surface area contributed by atoms with Crippen molar-refractivity contribution in [2.75, 3.05) is 26.3 Å². The zero-order chi connectivity index (χ0) is 17.6. The van der Waals surface area contributed by atoms with Crippen molar-refractivity contribution in [1.82, 2.24) is 4.90 Å². The number of phenolic OH excluding ortho intramolecular Hbond substituents is 1. The summed E-state index contributed by atoms with van der Waals surface area (Å²) in [5.74, 6) is 0.834. The van der Waals surface area contributed by atoms with Crippen molar-refractivity contribution in [3.8, 4) is 5.75 Å². The lowest BCUT2D eigenvalue weighted by molar-refractivity contribution is -0.147. The maximum Gasteiger partial charge on any atom is 0.251 e. The van der Waals surface area contributed by atoms with Gasteiger partial charge in [0.15, 0.2) is 0 Å². The molecule has 2 fully saturated rings. The Morgan fingerprint density at radius 1 is 1.24 bits per heavy atom. The second kappa shape index (κ2) is 8.68. The number of hydrogen-bond acceptors (Lipinski definition) is 4. The molecule has 25 heavy (non-hydrogen) atoms. The van der Waals surface area contributed by atoms with Crippen LogP contribution in [0.25, 0.3) is 0 Å². The fourth-order valence-corrected chi connectivity index (χ4v) is 3.70. The summed E-state index contributed by atoms with van der Waals surface area (Å²) >= 11 is 0. The topological polar surface area (TPSA) is 59.0 Å². The Balaban J connectivity index is 1.43. The molecule has 0 bridgehead atoms. The highest BCUT2D eigenvalue weighted by Crippen LogP contribution is 2.29. The highest BCUT2D eigenvalue weighted by atomic mass is 16.5. The lowest BCUT2D eigenvalue weighted by atomic mass is 9.89. The van der Waals surface area contributed by atoms with Gasteiger partial charge in [-0.25, -0.2) is 0 Å². The zero-order valence-electron chi connectivity index (χ0n) is 15.0. The summed E-state index contributed by atoms with van der Waals surface area (Å²) in [6.45, 7) is 4.69. The summed E-state index contributed by atoms with van der Waals surface area (Å²) < 4.78 is 11.4. The smallest absolute Gasteiger partial charge is 0.251 e. The first-order chi connectivity index (χ1) is 12.1. The summed E-state index contributed by atoms with van der Waals surface area (Å²) in [6.07, 6.45) is 4.98. The molecule has 2 aliphatic heterocycles. The molecule has 2 aliphatic rings. The molecule has 138 valence electrons. The predicted octanol–water partition coefficient (Wildman–Crippen LogP) is 3.07. The average molecular weight is 347 g/mol. The minimum absolute atomic E-state index is 0.0833. The van der Waals surface area contributed by atoms with E-state index >= 15 is 0 Å². The zero-order valence-corrected chi connectivity index (χ0v) is 15.0. The molecular formula is C20H29NO4. The summed E-state index contributed by atoms with van der Waals surface area (Å²) in [7, 11) is 0. The Labute approximate surface area is 149 Å². The maximum atomic E-state index is 12.6. The molecule has 1 amide bonds. The van der Waals surface area contributed by atoms with Crippen LogP contribution in [-0.2, 0) is 14.3 Å². The van der Waals surface area contributed by atoms with Gasteiger partial charge in [0, 0.05) is 19.7 Å². The second-order valence-electron chi connectivity index (χ2n) is 7.16. The van der Waals surface area contributed by atoms with Crippen molar-refractivity contribution in [2.24, 2.45) is 0 Å². The molecule has 0 aliphatic carbocycles. The predicted molar refractivity (Wildman–Crippen MR) is 95.7 cm³/mol. The number of benzene rings is 1. The molecule has 0 radical (unpaired) electrons. The first-order valence-electron chi connectivity index (χ1n) is 9.44. The summed E-state index contributed by atoms with van der Waals surface area (Å²) in [6, 6.07) is 7.42. The molecule has 1 N–H and O–H groups in total. The second-order valence-corrected chi connectivity index (χ2v) is 7.16. The van der Waals surface area contributed by atoms with Gasteiger partial charge >= 0.3 is 0 Å². The molecule has 5 nitrogen and oxygen atoms in total. The fourth-order valence-electron chi connectivity index (χ4n) is 3.70. The first kappa shape index (κ1) is 18.2. The maximum absolute atomic E-state index is 12.6. The van der Waals surface area contributed by atoms with Crippen LogP contribution in [0.3, 0.4) is 0 Å². The van der Waals surface area contributed by atoms with Gasteiger partial charge in [0.05, 0.1) is 12.7 Å². The molecule has 5 heteroatoms. The standard InChI is InChI=1S/C20H29NO4/c1-15(25-14-19-4-2-3-13-24-19)20(23)21-11-9-17(10-12-21)16-5-7-18(22)8-6-16/h5-8,15,17,19,22H,2-4,9-14H2,1H3/t15-,19-/m1/s1. The van der Waals surface area contributed by atoms with Crippen LogP contribution >= 0.6 is 0 Å². The van der Waals surface area contributed by atoms with E-state index in [0.29, 0.717) is 18.3 Å². The van der Waals surface area contributed by atoms with E-state index in [-0.39, 0.29) is 12.0 Å². The molecule has 0 saturated carbocycles. The van der Waals surface area contributed by atoms with Crippen molar-refractivity contribution in [1.29, 1.82) is 0 Å². The SMILES string of the molecule is C[C@@H](OC[C@H]1CCCCO1)C(=O)N1CCC(c2ccc(O)cc2)CC1. The highest BCUT2D eigenvalue weighted by Gasteiger charge is 2.27. The third-order valence-corrected chi connectivity index (χ3v) is 5.32. The van der Waals surface area contributed by atoms with Crippen LogP contribution in [0.1, 0.15) is 50.5 Å². The van der Waals surface area contributed by atoms with Gasteiger partial charge in [-0.3, -0.25) is 4.79 Å². The van der Waals surface area contributed by atoms with E-state index in [0.717, 1.165) is 45.4 Å². The van der Waals surface area contributed by atoms with E-state index in [9.17, 15) is 9.90 Å². The monoisotopic (exact) mass is 347 g/mol. The minimum Gasteiger partial charge on any atom is -0.508 e. The normalized spacial score (nSPS) is 23.4. The lowest BCUT2D eigenvalue weighted by Crippen LogP contribution is -2.44. The molecule has 1 aromatic rings. The molecule has 2 saturated heterocycles. The summed E-state index contributed by atoms with van der Waals surface area (Å²) in [4.78, 5) is 14.5. The number of ether oxygens (including phenoxy) is 2. The molecule has 0 aromatic heterocycles. The molecule has 2 atom stereocenters. The van der Waals surface area contributed by atoms with E-state index in [1.807, 2.05) is 24.0 Å². The Bertz CT molecular complexity index is 545. The molecule has 1 aromatic carbocycles. The summed E-state index contributed by atoms with van der Waals surface area (Å²) in [5.41, 5.74) is 1.24. The van der Waals surface area contributed by atoms with Crippen LogP contribution in [0.2, 0.25) is 0 Å². The van der Waals surface area contributed by atoms with Crippen molar-refractivity contribution in [2.45, 2.75) is 57.2 Å². The molecule has 0 spiro atoms. The van der Waals surface area contributed by atoms with Crippen molar-refractivity contribution < 1.29 is 19.4 Å². The van der Waals surface area contributed by atoms with Crippen LogP contribution < -0.4 is 0 Å². The molecule has 0 unspecified atom stereocenters. The first-order valence-corrected chi connectivity index (χ1v) is 9.44. The van der Waals surface area contributed by atoms with E-state index in [1.54, 1.807) is 12.1 Å². The summed E-state index contributed by atoms with van der Waals surface area (Å²) in [5, 5.41) is 9.40. The third kappa shape index (κ3) is 4.95. The molecular weight excluding hydrogens is 318 g/mol. The lowest BCUT2D eigenvalue weighted by Gasteiger charge is -2.34. The number of carbonyl (C=O) groups is 1. The van der Waals surface area contributed by atoms with Gasteiger partial charge in [-0.15, -0.1) is 0 Å². The Hall–Kier alpha value is -1.59. The molecule has 2 heterocycles. The largest absolute Gasteiger partial charge is 0.508 e. The van der Waals surface area contributed by atoms with Gasteiger partial charge < -0.3 is 19.5 Å². The highest BCUT2D eigenvalue weighted by molar-refractivity contribution is 5.80. The van der Waals surface area contributed by atoms with Crippen LogP contribution in [0.15, 0.2) is 24.3 Å². The van der Waals surface area contributed by atoms with Gasteiger partial charge in [0.25, 0.3) is 5.91 Å². The van der Waals surface area contributed by atoms with Crippen LogP contribution in [0, 0.1) is 0 Å². The van der Waals surface area contributed by atoms with Crippen molar-refractivity contribution in [3.05, 3.63) is 29.8 Å². The van der Waals surface area contributed by atoms with E-state index < -0.39 is 6.10 Å². The van der Waals surface area contributed by atoms with Crippen LogP contribution in [0.5, 0.6) is 5.75 Å². The minimum atomic E-state index is -0.407. The number of likely N-dealkylation sites (tertiary alicyclic amines) is 1. The number of phenols is 1. The number of carbonyl (C=O) groups excluding carboxylic acids is 1. The van der Waals surface area contributed by atoms with E-state index in [2.05, 4.69) is 0 Å². The van der Waals surface area contributed by atoms with Crippen molar-refractivity contribution >= 4 is 5.91 Å². The van der Waals surface area contributed by atoms with Crippen LogP contribution in [-0.4, -0.2) is 54.4 Å². The number of rotatable bonds is 5. The van der Waals surface area contributed by atoms with Gasteiger partial charge in [-0.05, 0) is 62.6 Å². The number of hydrogen-bond donors (Lipinski definition) is 1. The Kier molecular flexibility index (Phi) is 6.32. The van der Waals surface area contributed by atoms with Gasteiger partial charge in [0.2, 0.25) is 0 Å². The number of nitrogens with zero attached hydrogens (tertiary/aromatic N) is 1. The molecule has 3 rings (SSSR count). The van der Waals surface area contributed by atoms with Crippen molar-refractivity contribution in [3.63, 3.8) is 0 Å². The van der Waals surface area contributed by atoms with Gasteiger partial charge in [-0.2, -0.15) is 0 Å².